The summed E-state index contributed by atoms with van der Waals surface area (Å²) in [5.74, 6) is -1.70. The fraction of sp³-hybridized carbons (Fsp3) is 0.471. The predicted molar refractivity (Wildman–Crippen MR) is 89.0 cm³/mol. The largest absolute Gasteiger partial charge is 0.327 e. The van der Waals surface area contributed by atoms with Gasteiger partial charge in [0.15, 0.2) is 5.72 Å². The first-order chi connectivity index (χ1) is 11.4. The first-order valence-corrected chi connectivity index (χ1v) is 8.92. The molecule has 3 aliphatic rings. The van der Waals surface area contributed by atoms with Gasteiger partial charge in [-0.05, 0) is 24.8 Å². The summed E-state index contributed by atoms with van der Waals surface area (Å²) in [5.41, 5.74) is -0.545. The lowest BCUT2D eigenvalue weighted by Crippen LogP contribution is -2.56. The van der Waals surface area contributed by atoms with Crippen molar-refractivity contribution in [2.45, 2.75) is 24.5 Å². The summed E-state index contributed by atoms with van der Waals surface area (Å²) in [4.78, 5) is 40.4. The van der Waals surface area contributed by atoms with E-state index >= 15 is 0 Å². The highest BCUT2D eigenvalue weighted by molar-refractivity contribution is 8.01. The van der Waals surface area contributed by atoms with Gasteiger partial charge in [0.2, 0.25) is 16.7 Å². The second-order valence-corrected chi connectivity index (χ2v) is 7.90. The maximum absolute atomic E-state index is 13.1. The van der Waals surface area contributed by atoms with Crippen LogP contribution in [0.15, 0.2) is 30.3 Å². The lowest BCUT2D eigenvalue weighted by Gasteiger charge is -2.36. The SMILES string of the molecule is CCS[C@]12O[C@](C)([C@@H]3C(=O)N(c4ccccc4)C(=O)[C@@H]31)N(C)C2=O. The second kappa shape index (κ2) is 4.83. The van der Waals surface area contributed by atoms with Gasteiger partial charge in [-0.2, -0.15) is 0 Å². The quantitative estimate of drug-likeness (QED) is 0.775. The molecule has 3 aliphatic heterocycles. The monoisotopic (exact) mass is 346 g/mol. The molecule has 0 unspecified atom stereocenters. The predicted octanol–water partition coefficient (Wildman–Crippen LogP) is 1.46. The maximum Gasteiger partial charge on any atom is 0.268 e. The van der Waals surface area contributed by atoms with E-state index in [1.165, 1.54) is 21.6 Å². The van der Waals surface area contributed by atoms with Crippen LogP contribution in [0.4, 0.5) is 5.69 Å². The molecule has 0 aliphatic carbocycles. The summed E-state index contributed by atoms with van der Waals surface area (Å²) in [6, 6.07) is 8.85. The standard InChI is InChI=1S/C17H18N2O4S/c1-4-24-17-12-11(16(2,23-17)18(3)15(17)22)13(20)19(14(12)21)10-8-6-5-7-9-10/h5-9,11-12H,4H2,1-3H3/t11-,12+,16+,17+/m0/s1. The van der Waals surface area contributed by atoms with Crippen LogP contribution >= 0.6 is 11.8 Å². The van der Waals surface area contributed by atoms with Crippen molar-refractivity contribution < 1.29 is 19.1 Å². The van der Waals surface area contributed by atoms with Crippen LogP contribution < -0.4 is 4.90 Å². The number of hydrogen-bond acceptors (Lipinski definition) is 5. The summed E-state index contributed by atoms with van der Waals surface area (Å²) < 4.78 is 6.08. The molecule has 126 valence electrons. The van der Waals surface area contributed by atoms with Crippen molar-refractivity contribution in [2.75, 3.05) is 17.7 Å². The number of anilines is 1. The van der Waals surface area contributed by atoms with Gasteiger partial charge in [0.1, 0.15) is 11.8 Å². The van der Waals surface area contributed by atoms with Crippen molar-refractivity contribution in [3.63, 3.8) is 0 Å². The fourth-order valence-corrected chi connectivity index (χ4v) is 5.48. The average molecular weight is 346 g/mol. The Bertz CT molecular complexity index is 754. The van der Waals surface area contributed by atoms with Crippen LogP contribution in [-0.2, 0) is 19.1 Å². The number of thioether (sulfide) groups is 1. The molecular weight excluding hydrogens is 328 g/mol. The van der Waals surface area contributed by atoms with Crippen LogP contribution in [0.3, 0.4) is 0 Å². The molecular formula is C17H18N2O4S. The molecule has 6 nitrogen and oxygen atoms in total. The molecule has 0 spiro atoms. The molecule has 0 aromatic heterocycles. The molecule has 0 saturated carbocycles. The Labute approximate surface area is 144 Å². The van der Waals surface area contributed by atoms with Gasteiger partial charge < -0.3 is 9.64 Å². The highest BCUT2D eigenvalue weighted by Crippen LogP contribution is 2.62. The van der Waals surface area contributed by atoms with Crippen LogP contribution in [-0.4, -0.2) is 46.1 Å². The first-order valence-electron chi connectivity index (χ1n) is 7.93. The van der Waals surface area contributed by atoms with E-state index in [1.54, 1.807) is 38.2 Å². The number of likely N-dealkylation sites (tertiary alicyclic amines) is 1. The van der Waals surface area contributed by atoms with Gasteiger partial charge in [0.25, 0.3) is 5.91 Å². The van der Waals surface area contributed by atoms with Crippen LogP contribution in [0.5, 0.6) is 0 Å². The number of hydrogen-bond donors (Lipinski definition) is 0. The molecule has 0 N–H and O–H groups in total. The van der Waals surface area contributed by atoms with Crippen LogP contribution in [0.2, 0.25) is 0 Å². The Hall–Kier alpha value is -1.86. The zero-order valence-corrected chi connectivity index (χ0v) is 14.5. The summed E-state index contributed by atoms with van der Waals surface area (Å²) in [5, 5.41) is 0. The van der Waals surface area contributed by atoms with E-state index in [0.717, 1.165) is 0 Å². The third-order valence-electron chi connectivity index (χ3n) is 5.29. The van der Waals surface area contributed by atoms with E-state index in [2.05, 4.69) is 0 Å². The molecule has 3 saturated heterocycles. The highest BCUT2D eigenvalue weighted by atomic mass is 32.2. The number of likely N-dealkylation sites (N-methyl/N-ethyl adjacent to an activating group) is 1. The van der Waals surface area contributed by atoms with E-state index in [1.807, 2.05) is 13.0 Å². The third kappa shape index (κ3) is 1.59. The van der Waals surface area contributed by atoms with Crippen molar-refractivity contribution in [2.24, 2.45) is 11.8 Å². The summed E-state index contributed by atoms with van der Waals surface area (Å²) in [6.07, 6.45) is 0. The molecule has 2 bridgehead atoms. The van der Waals surface area contributed by atoms with Gasteiger partial charge in [0.05, 0.1) is 5.69 Å². The van der Waals surface area contributed by atoms with Crippen molar-refractivity contribution in [1.29, 1.82) is 0 Å². The van der Waals surface area contributed by atoms with Gasteiger partial charge in [-0.3, -0.25) is 14.4 Å². The van der Waals surface area contributed by atoms with E-state index < -0.39 is 22.5 Å². The molecule has 0 radical (unpaired) electrons. The molecule has 3 amide bonds. The van der Waals surface area contributed by atoms with E-state index in [0.29, 0.717) is 11.4 Å². The molecule has 4 atom stereocenters. The molecule has 3 fully saturated rings. The Morgan fingerprint density at radius 2 is 1.75 bits per heavy atom. The number of ether oxygens (including phenoxy) is 1. The number of piperidine rings is 1. The van der Waals surface area contributed by atoms with Crippen LogP contribution in [0.25, 0.3) is 0 Å². The number of carbonyl (C=O) groups is 3. The maximum atomic E-state index is 13.1. The summed E-state index contributed by atoms with van der Waals surface area (Å²) in [6.45, 7) is 3.64. The van der Waals surface area contributed by atoms with E-state index in [-0.39, 0.29) is 17.7 Å². The summed E-state index contributed by atoms with van der Waals surface area (Å²) >= 11 is 1.30. The van der Waals surface area contributed by atoms with Gasteiger partial charge in [0, 0.05) is 7.05 Å². The first kappa shape index (κ1) is 15.7. The van der Waals surface area contributed by atoms with Crippen molar-refractivity contribution in [3.8, 4) is 0 Å². The normalized spacial score (nSPS) is 37.5. The van der Waals surface area contributed by atoms with Gasteiger partial charge in [-0.25, -0.2) is 4.90 Å². The number of nitrogens with zero attached hydrogens (tertiary/aromatic N) is 2. The lowest BCUT2D eigenvalue weighted by atomic mass is 9.81. The van der Waals surface area contributed by atoms with Gasteiger partial charge in [-0.15, -0.1) is 11.8 Å². The van der Waals surface area contributed by atoms with Crippen LogP contribution in [0.1, 0.15) is 13.8 Å². The number of imide groups is 1. The van der Waals surface area contributed by atoms with Crippen molar-refractivity contribution in [1.82, 2.24) is 4.90 Å². The van der Waals surface area contributed by atoms with E-state index in [4.69, 9.17) is 4.74 Å². The zero-order valence-electron chi connectivity index (χ0n) is 13.7. The topological polar surface area (TPSA) is 66.9 Å². The summed E-state index contributed by atoms with van der Waals surface area (Å²) in [7, 11) is 1.64. The molecule has 4 rings (SSSR count). The van der Waals surface area contributed by atoms with Crippen molar-refractivity contribution >= 4 is 35.2 Å². The van der Waals surface area contributed by atoms with Crippen molar-refractivity contribution in [3.05, 3.63) is 30.3 Å². The van der Waals surface area contributed by atoms with Gasteiger partial charge in [-0.1, -0.05) is 25.1 Å². The number of fused-ring (bicyclic) bond motifs is 5. The van der Waals surface area contributed by atoms with E-state index in [9.17, 15) is 14.4 Å². The molecule has 1 aromatic rings. The number of carbonyl (C=O) groups excluding carboxylic acids is 3. The minimum absolute atomic E-state index is 0.228. The average Bonchev–Trinajstić information content (AvgIpc) is 3.07. The minimum atomic E-state index is -1.29. The minimum Gasteiger partial charge on any atom is -0.327 e. The van der Waals surface area contributed by atoms with Gasteiger partial charge >= 0.3 is 0 Å². The Kier molecular flexibility index (Phi) is 3.15. The Balaban J connectivity index is 1.85. The molecule has 1 aromatic carbocycles. The fourth-order valence-electron chi connectivity index (χ4n) is 4.14. The molecule has 24 heavy (non-hydrogen) atoms. The highest BCUT2D eigenvalue weighted by Gasteiger charge is 2.80. The Morgan fingerprint density at radius 1 is 1.12 bits per heavy atom. The smallest absolute Gasteiger partial charge is 0.268 e. The zero-order chi connectivity index (χ0) is 17.3. The number of rotatable bonds is 3. The number of amides is 3. The number of para-hydroxylation sites is 1. The third-order valence-corrected chi connectivity index (χ3v) is 6.52. The molecule has 3 heterocycles. The number of benzene rings is 1. The van der Waals surface area contributed by atoms with Crippen LogP contribution in [0, 0.1) is 11.8 Å². The second-order valence-electron chi connectivity index (χ2n) is 6.42. The lowest BCUT2D eigenvalue weighted by molar-refractivity contribution is -0.143. The Morgan fingerprint density at radius 3 is 2.38 bits per heavy atom. The molecule has 7 heteroatoms.